The number of hydrogen-bond acceptors (Lipinski definition) is 3. The van der Waals surface area contributed by atoms with Gasteiger partial charge in [-0.25, -0.2) is 4.39 Å². The van der Waals surface area contributed by atoms with E-state index in [-0.39, 0.29) is 11.9 Å². The molecule has 3 rings (SSSR count). The van der Waals surface area contributed by atoms with Crippen LogP contribution in [-0.2, 0) is 16.6 Å². The van der Waals surface area contributed by atoms with Crippen LogP contribution >= 0.6 is 15.9 Å². The van der Waals surface area contributed by atoms with Gasteiger partial charge in [0.15, 0.2) is 0 Å². The lowest BCUT2D eigenvalue weighted by molar-refractivity contribution is 0.168. The number of rotatable bonds is 10. The molecule has 0 unspecified atom stereocenters. The van der Waals surface area contributed by atoms with Crippen molar-refractivity contribution in [2.24, 2.45) is 11.8 Å². The predicted molar refractivity (Wildman–Crippen MR) is 137 cm³/mol. The lowest BCUT2D eigenvalue weighted by atomic mass is 9.83. The van der Waals surface area contributed by atoms with E-state index in [1.54, 1.807) is 24.5 Å². The molecule has 1 heterocycles. The third-order valence-corrected chi connectivity index (χ3v) is 10.4. The van der Waals surface area contributed by atoms with Gasteiger partial charge in [-0.05, 0) is 113 Å². The summed E-state index contributed by atoms with van der Waals surface area (Å²) in [6, 6.07) is 5.14. The van der Waals surface area contributed by atoms with Gasteiger partial charge < -0.3 is 4.90 Å². The average Bonchev–Trinajstić information content (AvgIpc) is 2.79. The van der Waals surface area contributed by atoms with E-state index >= 15 is 0 Å². The van der Waals surface area contributed by atoms with Crippen molar-refractivity contribution in [3.63, 3.8) is 0 Å². The SMILES string of the molecule is CCN([C@H]1CC[C@H](CCCN2CCC(Cc3cc(F)ccc3Br)CC2)CC1)S(=O)(=O)N(C)C. The normalized spacial score (nSPS) is 23.5. The summed E-state index contributed by atoms with van der Waals surface area (Å²) in [6.45, 7) is 5.91. The van der Waals surface area contributed by atoms with Crippen LogP contribution in [0.3, 0.4) is 0 Å². The van der Waals surface area contributed by atoms with Gasteiger partial charge in [0.2, 0.25) is 0 Å². The van der Waals surface area contributed by atoms with Gasteiger partial charge in [0.05, 0.1) is 0 Å². The molecule has 1 saturated heterocycles. The number of hydrogen-bond donors (Lipinski definition) is 0. The zero-order chi connectivity index (χ0) is 24.0. The first-order valence-electron chi connectivity index (χ1n) is 12.6. The molecule has 1 aliphatic carbocycles. The molecule has 0 N–H and O–H groups in total. The Morgan fingerprint density at radius 3 is 2.33 bits per heavy atom. The zero-order valence-electron chi connectivity index (χ0n) is 20.5. The maximum absolute atomic E-state index is 13.6. The Bertz CT molecular complexity index is 851. The first kappa shape index (κ1) is 27.1. The minimum atomic E-state index is -3.33. The maximum atomic E-state index is 13.6. The summed E-state index contributed by atoms with van der Waals surface area (Å²) in [5.74, 6) is 1.21. The highest BCUT2D eigenvalue weighted by Crippen LogP contribution is 2.32. The molecular weight excluding hydrogens is 505 g/mol. The molecule has 0 amide bonds. The molecule has 0 radical (unpaired) electrons. The van der Waals surface area contributed by atoms with E-state index in [0.29, 0.717) is 12.5 Å². The van der Waals surface area contributed by atoms with Crippen LogP contribution in [0.5, 0.6) is 0 Å². The molecule has 0 atom stereocenters. The number of benzene rings is 1. The molecule has 1 saturated carbocycles. The predicted octanol–water partition coefficient (Wildman–Crippen LogP) is 5.31. The fraction of sp³-hybridized carbons (Fsp3) is 0.760. The summed E-state index contributed by atoms with van der Waals surface area (Å²) in [5, 5.41) is 0. The van der Waals surface area contributed by atoms with Crippen molar-refractivity contribution in [2.45, 2.75) is 70.8 Å². The Morgan fingerprint density at radius 2 is 1.73 bits per heavy atom. The van der Waals surface area contributed by atoms with Crippen molar-refractivity contribution in [2.75, 3.05) is 40.3 Å². The second kappa shape index (κ2) is 12.4. The monoisotopic (exact) mass is 545 g/mol. The molecule has 1 aliphatic heterocycles. The molecule has 1 aromatic rings. The van der Waals surface area contributed by atoms with Gasteiger partial charge in [-0.2, -0.15) is 17.0 Å². The van der Waals surface area contributed by atoms with E-state index in [9.17, 15) is 12.8 Å². The van der Waals surface area contributed by atoms with Crippen molar-refractivity contribution < 1.29 is 12.8 Å². The lowest BCUT2D eigenvalue weighted by Crippen LogP contribution is -2.47. The van der Waals surface area contributed by atoms with Crippen molar-refractivity contribution in [3.05, 3.63) is 34.1 Å². The van der Waals surface area contributed by atoms with Crippen molar-refractivity contribution in [1.82, 2.24) is 13.5 Å². The molecule has 2 aliphatic rings. The summed E-state index contributed by atoms with van der Waals surface area (Å²) < 4.78 is 42.7. The van der Waals surface area contributed by atoms with E-state index in [0.717, 1.165) is 67.7 Å². The molecule has 2 fully saturated rings. The fourth-order valence-electron chi connectivity index (χ4n) is 5.57. The molecule has 5 nitrogen and oxygen atoms in total. The van der Waals surface area contributed by atoms with Crippen molar-refractivity contribution >= 4 is 26.1 Å². The van der Waals surface area contributed by atoms with Crippen molar-refractivity contribution in [3.8, 4) is 0 Å². The molecule has 8 heteroatoms. The van der Waals surface area contributed by atoms with Gasteiger partial charge in [0.1, 0.15) is 5.82 Å². The molecule has 188 valence electrons. The topological polar surface area (TPSA) is 43.9 Å². The van der Waals surface area contributed by atoms with Gasteiger partial charge in [0.25, 0.3) is 10.2 Å². The van der Waals surface area contributed by atoms with E-state index in [1.165, 1.54) is 36.1 Å². The molecule has 33 heavy (non-hydrogen) atoms. The van der Waals surface area contributed by atoms with Crippen LogP contribution in [-0.4, -0.2) is 68.2 Å². The second-order valence-electron chi connectivity index (χ2n) is 10.0. The van der Waals surface area contributed by atoms with Crippen LogP contribution in [0.25, 0.3) is 0 Å². The van der Waals surface area contributed by atoms with E-state index in [2.05, 4.69) is 20.8 Å². The highest BCUT2D eigenvalue weighted by atomic mass is 79.9. The summed E-state index contributed by atoms with van der Waals surface area (Å²) in [7, 11) is -0.0922. The largest absolute Gasteiger partial charge is 0.303 e. The third-order valence-electron chi connectivity index (χ3n) is 7.60. The summed E-state index contributed by atoms with van der Waals surface area (Å²) in [6.07, 6.45) is 10.0. The van der Waals surface area contributed by atoms with Crippen LogP contribution in [0, 0.1) is 17.7 Å². The van der Waals surface area contributed by atoms with Crippen LogP contribution in [0.4, 0.5) is 4.39 Å². The van der Waals surface area contributed by atoms with Crippen LogP contribution < -0.4 is 0 Å². The highest BCUT2D eigenvalue weighted by Gasteiger charge is 2.33. The minimum Gasteiger partial charge on any atom is -0.303 e. The quantitative estimate of drug-likeness (QED) is 0.400. The minimum absolute atomic E-state index is 0.149. The maximum Gasteiger partial charge on any atom is 0.281 e. The zero-order valence-corrected chi connectivity index (χ0v) is 22.9. The van der Waals surface area contributed by atoms with E-state index in [4.69, 9.17) is 0 Å². The molecule has 0 aromatic heterocycles. The molecule has 1 aromatic carbocycles. The Balaban J connectivity index is 1.34. The van der Waals surface area contributed by atoms with Crippen LogP contribution in [0.1, 0.15) is 63.9 Å². The summed E-state index contributed by atoms with van der Waals surface area (Å²) in [4.78, 5) is 2.59. The third kappa shape index (κ3) is 7.47. The van der Waals surface area contributed by atoms with Crippen LogP contribution in [0.2, 0.25) is 0 Å². The molecular formula is C25H41BrFN3O2S. The highest BCUT2D eigenvalue weighted by molar-refractivity contribution is 9.10. The van der Waals surface area contributed by atoms with Gasteiger partial charge in [-0.1, -0.05) is 22.9 Å². The Morgan fingerprint density at radius 1 is 1.06 bits per heavy atom. The van der Waals surface area contributed by atoms with Gasteiger partial charge in [-0.15, -0.1) is 0 Å². The first-order valence-corrected chi connectivity index (χ1v) is 14.7. The second-order valence-corrected chi connectivity index (χ2v) is 13.0. The smallest absolute Gasteiger partial charge is 0.281 e. The van der Waals surface area contributed by atoms with Gasteiger partial charge in [-0.3, -0.25) is 0 Å². The van der Waals surface area contributed by atoms with Crippen molar-refractivity contribution in [1.29, 1.82) is 0 Å². The van der Waals surface area contributed by atoms with Crippen LogP contribution in [0.15, 0.2) is 22.7 Å². The Hall–Kier alpha value is -0.540. The number of likely N-dealkylation sites (tertiary alicyclic amines) is 1. The summed E-state index contributed by atoms with van der Waals surface area (Å²) in [5.41, 5.74) is 1.09. The van der Waals surface area contributed by atoms with Gasteiger partial charge in [0, 0.05) is 31.2 Å². The first-order chi connectivity index (χ1) is 15.7. The Labute approximate surface area is 209 Å². The number of nitrogens with zero attached hydrogens (tertiary/aromatic N) is 3. The fourth-order valence-corrected chi connectivity index (χ4v) is 7.31. The van der Waals surface area contributed by atoms with Gasteiger partial charge >= 0.3 is 0 Å². The summed E-state index contributed by atoms with van der Waals surface area (Å²) >= 11 is 3.56. The molecule has 0 spiro atoms. The molecule has 0 bridgehead atoms. The number of halogens is 2. The van der Waals surface area contributed by atoms with E-state index in [1.807, 2.05) is 13.0 Å². The Kier molecular flexibility index (Phi) is 10.2. The number of piperidine rings is 1. The lowest BCUT2D eigenvalue weighted by Gasteiger charge is -2.37. The standard InChI is InChI=1S/C25H41BrFN3O2S/c1-4-30(33(31,32)28(2)3)24-10-7-20(8-11-24)6-5-15-29-16-13-21(14-17-29)18-22-19-23(27)9-12-25(22)26/h9,12,19-21,24H,4-8,10-11,13-18H2,1-3H3/t20-,24-. The van der Waals surface area contributed by atoms with E-state index < -0.39 is 10.2 Å². The average molecular weight is 547 g/mol.